The molecule has 10 heavy (non-hydrogen) atoms. The van der Waals surface area contributed by atoms with Crippen molar-refractivity contribution >= 4 is 5.97 Å². The molecule has 2 heteroatoms. The number of ether oxygens (including phenoxy) is 1. The maximum absolute atomic E-state index is 10.7. The third kappa shape index (κ3) is 3.28. The minimum absolute atomic E-state index is 0.329. The predicted octanol–water partition coefficient (Wildman–Crippen LogP) is 1.35. The molecule has 0 aromatic carbocycles. The Bertz CT molecular complexity index is 138. The van der Waals surface area contributed by atoms with Gasteiger partial charge in [0.05, 0.1) is 13.0 Å². The minimum Gasteiger partial charge on any atom is -0.469 e. The van der Waals surface area contributed by atoms with Crippen molar-refractivity contribution in [3.05, 3.63) is 31.4 Å². The monoisotopic (exact) mass is 139 g/mol. The van der Waals surface area contributed by atoms with Gasteiger partial charge < -0.3 is 4.74 Å². The Morgan fingerprint density at radius 3 is 2.40 bits per heavy atom. The summed E-state index contributed by atoms with van der Waals surface area (Å²) in [5, 5.41) is 0. The highest BCUT2D eigenvalue weighted by Crippen LogP contribution is 2.09. The van der Waals surface area contributed by atoms with Gasteiger partial charge in [0.2, 0.25) is 0 Å². The molecule has 0 atom stereocenters. The second kappa shape index (κ2) is 4.09. The van der Waals surface area contributed by atoms with Gasteiger partial charge in [-0.25, -0.2) is 0 Å². The summed E-state index contributed by atoms with van der Waals surface area (Å²) in [4.78, 5) is 10.7. The first kappa shape index (κ1) is 9.21. The van der Waals surface area contributed by atoms with Crippen LogP contribution >= 0.6 is 0 Å². The first-order valence-corrected chi connectivity index (χ1v) is 2.85. The van der Waals surface area contributed by atoms with Gasteiger partial charge in [-0.05, 0) is 13.8 Å². The van der Waals surface area contributed by atoms with Crippen LogP contribution in [0.25, 0.3) is 0 Å². The summed E-state index contributed by atoms with van der Waals surface area (Å²) in [7, 11) is 1.32. The van der Waals surface area contributed by atoms with E-state index in [4.69, 9.17) is 0 Å². The topological polar surface area (TPSA) is 26.3 Å². The minimum atomic E-state index is -0.414. The molecule has 3 radical (unpaired) electrons. The Labute approximate surface area is 61.9 Å². The van der Waals surface area contributed by atoms with Crippen LogP contribution in [0.3, 0.4) is 0 Å². The van der Waals surface area contributed by atoms with Crippen LogP contribution in [0.1, 0.15) is 6.92 Å². The van der Waals surface area contributed by atoms with Gasteiger partial charge in [0, 0.05) is 6.42 Å². The van der Waals surface area contributed by atoms with E-state index in [9.17, 15) is 4.79 Å². The molecule has 0 bridgehead atoms. The molecule has 0 saturated carbocycles. The first-order valence-electron chi connectivity index (χ1n) is 2.85. The summed E-state index contributed by atoms with van der Waals surface area (Å²) in [5.41, 5.74) is 0.787. The van der Waals surface area contributed by atoms with Crippen LogP contribution in [0.5, 0.6) is 0 Å². The van der Waals surface area contributed by atoms with E-state index in [1.165, 1.54) is 7.11 Å². The summed E-state index contributed by atoms with van der Waals surface area (Å²) in [6.07, 6.45) is 1.58. The lowest BCUT2D eigenvalue weighted by molar-refractivity contribution is -0.137. The lowest BCUT2D eigenvalue weighted by Gasteiger charge is -2.05. The number of rotatable bonds is 3. The average Bonchev–Trinajstić information content (AvgIpc) is 1.85. The maximum atomic E-state index is 10.7. The zero-order valence-electron chi connectivity index (χ0n) is 6.31. The number of hydrogen-bond acceptors (Lipinski definition) is 2. The van der Waals surface area contributed by atoms with Crippen molar-refractivity contribution in [3.8, 4) is 0 Å². The summed E-state index contributed by atoms with van der Waals surface area (Å²) in [5.74, 6) is -0.0852. The Kier molecular flexibility index (Phi) is 3.77. The van der Waals surface area contributed by atoms with Crippen LogP contribution in [0.2, 0.25) is 0 Å². The number of allylic oxidation sites excluding steroid dienone is 1. The molecule has 0 fully saturated rings. The molecule has 0 aliphatic heterocycles. The van der Waals surface area contributed by atoms with Crippen molar-refractivity contribution in [1.82, 2.24) is 0 Å². The van der Waals surface area contributed by atoms with Gasteiger partial charge in [0.25, 0.3) is 0 Å². The summed E-state index contributed by atoms with van der Waals surface area (Å²) < 4.78 is 4.40. The quantitative estimate of drug-likeness (QED) is 0.552. The molecular formula is C8H11O2. The Morgan fingerprint density at radius 2 is 2.10 bits per heavy atom. The summed E-state index contributed by atoms with van der Waals surface area (Å²) >= 11 is 0. The van der Waals surface area contributed by atoms with E-state index in [0.717, 1.165) is 5.57 Å². The van der Waals surface area contributed by atoms with Crippen molar-refractivity contribution in [2.24, 2.45) is 0 Å². The molecule has 55 valence electrons. The number of esters is 1. The molecule has 0 unspecified atom stereocenters. The van der Waals surface area contributed by atoms with Crippen LogP contribution < -0.4 is 0 Å². The number of carbonyl (C=O) groups excluding carboxylic acids is 1. The molecule has 0 rings (SSSR count). The molecule has 0 saturated heterocycles. The van der Waals surface area contributed by atoms with E-state index in [0.29, 0.717) is 5.92 Å². The maximum Gasteiger partial charge on any atom is 0.313 e. The highest BCUT2D eigenvalue weighted by atomic mass is 16.5. The van der Waals surface area contributed by atoms with Crippen LogP contribution in [-0.4, -0.2) is 13.1 Å². The standard InChI is InChI=1S/C8H11O2/c1-6(2)5-7(3)8(9)10-4/h5H,1,3H2,2,4H3. The smallest absolute Gasteiger partial charge is 0.313 e. The lowest BCUT2D eigenvalue weighted by atomic mass is 10.0. The number of carbonyl (C=O) groups is 1. The van der Waals surface area contributed by atoms with Gasteiger partial charge in [0.1, 0.15) is 0 Å². The second-order valence-corrected chi connectivity index (χ2v) is 2.01. The van der Waals surface area contributed by atoms with Gasteiger partial charge in [-0.1, -0.05) is 12.2 Å². The van der Waals surface area contributed by atoms with Crippen molar-refractivity contribution in [2.45, 2.75) is 6.92 Å². The van der Waals surface area contributed by atoms with Gasteiger partial charge in [-0.15, -0.1) is 0 Å². The SMILES string of the molecule is [CH2][C]([CH]C(=C)C)C(=O)OC. The summed E-state index contributed by atoms with van der Waals surface area (Å²) in [6.45, 7) is 8.85. The third-order valence-corrected chi connectivity index (χ3v) is 0.868. The van der Waals surface area contributed by atoms with E-state index >= 15 is 0 Å². The van der Waals surface area contributed by atoms with Crippen molar-refractivity contribution in [1.29, 1.82) is 0 Å². The molecule has 0 N–H and O–H groups in total. The van der Waals surface area contributed by atoms with E-state index in [1.54, 1.807) is 13.3 Å². The second-order valence-electron chi connectivity index (χ2n) is 2.01. The Morgan fingerprint density at radius 1 is 1.60 bits per heavy atom. The van der Waals surface area contributed by atoms with Crippen molar-refractivity contribution in [3.63, 3.8) is 0 Å². The molecule has 0 amide bonds. The van der Waals surface area contributed by atoms with E-state index < -0.39 is 5.97 Å². The number of methoxy groups -OCH3 is 1. The Balaban J connectivity index is 3.72. The molecule has 0 spiro atoms. The fourth-order valence-corrected chi connectivity index (χ4v) is 0.487. The lowest BCUT2D eigenvalue weighted by Crippen LogP contribution is -2.11. The highest BCUT2D eigenvalue weighted by molar-refractivity contribution is 5.88. The van der Waals surface area contributed by atoms with Gasteiger partial charge in [0.15, 0.2) is 0 Å². The first-order chi connectivity index (χ1) is 4.57. The molecule has 0 heterocycles. The molecule has 0 aliphatic rings. The zero-order valence-corrected chi connectivity index (χ0v) is 6.31. The molecule has 0 aromatic heterocycles. The normalized spacial score (nSPS) is 9.60. The third-order valence-electron chi connectivity index (χ3n) is 0.868. The molecule has 0 aromatic rings. The fourth-order valence-electron chi connectivity index (χ4n) is 0.487. The van der Waals surface area contributed by atoms with Gasteiger partial charge in [-0.3, -0.25) is 4.79 Å². The molecule has 0 aliphatic carbocycles. The largest absolute Gasteiger partial charge is 0.469 e. The predicted molar refractivity (Wildman–Crippen MR) is 39.7 cm³/mol. The van der Waals surface area contributed by atoms with Gasteiger partial charge in [-0.2, -0.15) is 0 Å². The number of hydrogen-bond donors (Lipinski definition) is 0. The van der Waals surface area contributed by atoms with E-state index in [-0.39, 0.29) is 0 Å². The van der Waals surface area contributed by atoms with Crippen LogP contribution in [0, 0.1) is 19.3 Å². The van der Waals surface area contributed by atoms with Crippen LogP contribution in [0.15, 0.2) is 12.2 Å². The van der Waals surface area contributed by atoms with E-state index in [2.05, 4.69) is 18.2 Å². The molecule has 2 nitrogen and oxygen atoms in total. The summed E-state index contributed by atoms with van der Waals surface area (Å²) in [6, 6.07) is 0. The van der Waals surface area contributed by atoms with Crippen molar-refractivity contribution in [2.75, 3.05) is 7.11 Å². The van der Waals surface area contributed by atoms with Gasteiger partial charge >= 0.3 is 5.97 Å². The Hall–Kier alpha value is -0.790. The highest BCUT2D eigenvalue weighted by Gasteiger charge is 2.13. The van der Waals surface area contributed by atoms with E-state index in [1.807, 2.05) is 0 Å². The van der Waals surface area contributed by atoms with Crippen LogP contribution in [-0.2, 0) is 9.53 Å². The zero-order chi connectivity index (χ0) is 8.15. The van der Waals surface area contributed by atoms with Crippen LogP contribution in [0.4, 0.5) is 0 Å². The average molecular weight is 139 g/mol. The van der Waals surface area contributed by atoms with Crippen molar-refractivity contribution < 1.29 is 9.53 Å². The molecular weight excluding hydrogens is 128 g/mol. The fraction of sp³-hybridized carbons (Fsp3) is 0.250.